The highest BCUT2D eigenvalue weighted by Gasteiger charge is 2.21. The number of fused-ring (bicyclic) bond motifs is 9. The van der Waals surface area contributed by atoms with Crippen molar-refractivity contribution in [2.45, 2.75) is 20.0 Å². The van der Waals surface area contributed by atoms with Gasteiger partial charge in [-0.15, -0.1) is 11.3 Å². The number of allylic oxidation sites excluding steroid dienone is 1. The number of benzene rings is 8. The third-order valence-corrected chi connectivity index (χ3v) is 11.8. The van der Waals surface area contributed by atoms with Gasteiger partial charge in [-0.25, -0.2) is 0 Å². The van der Waals surface area contributed by atoms with Crippen LogP contribution in [-0.2, 0) is 0 Å². The molecule has 10 aromatic rings. The molecule has 1 unspecified atom stereocenters. The monoisotopic (exact) mass is 711 g/mol. The maximum Gasteiger partial charge on any atom is 0.145 e. The first-order valence-electron chi connectivity index (χ1n) is 18.7. The number of rotatable bonds is 4. The molecule has 3 nitrogen and oxygen atoms in total. The summed E-state index contributed by atoms with van der Waals surface area (Å²) in [7, 11) is 0. The Labute approximate surface area is 318 Å². The second-order valence-corrected chi connectivity index (χ2v) is 14.7. The first kappa shape index (κ1) is 32.2. The third kappa shape index (κ3) is 5.29. The molecule has 0 radical (unpaired) electrons. The van der Waals surface area contributed by atoms with Crippen molar-refractivity contribution in [1.29, 1.82) is 0 Å². The maximum absolute atomic E-state index is 5.13. The molecule has 0 fully saturated rings. The van der Waals surface area contributed by atoms with E-state index in [0.29, 0.717) is 0 Å². The van der Waals surface area contributed by atoms with E-state index in [0.717, 1.165) is 33.8 Å². The van der Waals surface area contributed by atoms with Crippen LogP contribution in [0.4, 0.5) is 0 Å². The fraction of sp³-hybridized carbons (Fsp3) is 0.0600. The summed E-state index contributed by atoms with van der Waals surface area (Å²) in [6, 6.07) is 61.5. The molecule has 11 rings (SSSR count). The van der Waals surface area contributed by atoms with Gasteiger partial charge in [-0.2, -0.15) is 0 Å². The Kier molecular flexibility index (Phi) is 7.85. The highest BCUT2D eigenvalue weighted by atomic mass is 32.1. The molecular formula is C50H37N3S. The van der Waals surface area contributed by atoms with Gasteiger partial charge in [0.1, 0.15) is 6.17 Å². The van der Waals surface area contributed by atoms with Crippen LogP contribution >= 0.6 is 11.3 Å². The SMILES string of the molecule is C1=C(c2ccc(-n3c4cc5ccccc5cc4c4cc5c(cc43)sc3c4ccccc4ccc53)cc2)NC(c2ccccc2)N=C1c1ccccc1.CC. The summed E-state index contributed by atoms with van der Waals surface area (Å²) >= 11 is 1.90. The summed E-state index contributed by atoms with van der Waals surface area (Å²) in [6.45, 7) is 4.00. The van der Waals surface area contributed by atoms with Crippen LogP contribution in [0.2, 0.25) is 0 Å². The summed E-state index contributed by atoms with van der Waals surface area (Å²) in [5.41, 5.74) is 8.97. The van der Waals surface area contributed by atoms with Crippen LogP contribution in [0.15, 0.2) is 181 Å². The molecule has 0 spiro atoms. The van der Waals surface area contributed by atoms with E-state index >= 15 is 0 Å². The molecule has 1 N–H and O–H groups in total. The number of hydrogen-bond donors (Lipinski definition) is 1. The van der Waals surface area contributed by atoms with Gasteiger partial charge in [0, 0.05) is 42.3 Å². The zero-order valence-corrected chi connectivity index (χ0v) is 30.9. The normalized spacial score (nSPS) is 14.3. The Balaban J connectivity index is 0.00000178. The summed E-state index contributed by atoms with van der Waals surface area (Å²) < 4.78 is 5.11. The molecule has 54 heavy (non-hydrogen) atoms. The average molecular weight is 712 g/mol. The van der Waals surface area contributed by atoms with Gasteiger partial charge in [0.2, 0.25) is 0 Å². The van der Waals surface area contributed by atoms with Crippen LogP contribution in [0.25, 0.3) is 74.9 Å². The van der Waals surface area contributed by atoms with Gasteiger partial charge in [0.15, 0.2) is 0 Å². The van der Waals surface area contributed by atoms with Crippen LogP contribution in [-0.4, -0.2) is 10.3 Å². The van der Waals surface area contributed by atoms with Gasteiger partial charge in [-0.1, -0.05) is 147 Å². The Morgan fingerprint density at radius 2 is 1.17 bits per heavy atom. The fourth-order valence-electron chi connectivity index (χ4n) is 8.03. The maximum atomic E-state index is 5.13. The van der Waals surface area contributed by atoms with Crippen LogP contribution < -0.4 is 5.32 Å². The van der Waals surface area contributed by atoms with E-state index in [9.17, 15) is 0 Å². The third-order valence-electron chi connectivity index (χ3n) is 10.6. The van der Waals surface area contributed by atoms with Crippen molar-refractivity contribution in [3.63, 3.8) is 0 Å². The quantitative estimate of drug-likeness (QED) is 0.193. The molecular weight excluding hydrogens is 675 g/mol. The molecule has 0 saturated carbocycles. The van der Waals surface area contributed by atoms with Gasteiger partial charge >= 0.3 is 0 Å². The smallest absolute Gasteiger partial charge is 0.145 e. The van der Waals surface area contributed by atoms with Crippen LogP contribution in [0.3, 0.4) is 0 Å². The van der Waals surface area contributed by atoms with Crippen molar-refractivity contribution in [2.24, 2.45) is 4.99 Å². The first-order chi connectivity index (χ1) is 26.7. The number of hydrogen-bond acceptors (Lipinski definition) is 3. The molecule has 1 atom stereocenters. The Morgan fingerprint density at radius 3 is 1.94 bits per heavy atom. The van der Waals surface area contributed by atoms with E-state index in [1.165, 1.54) is 63.5 Å². The lowest BCUT2D eigenvalue weighted by Crippen LogP contribution is -2.24. The van der Waals surface area contributed by atoms with Crippen LogP contribution in [0.5, 0.6) is 0 Å². The molecule has 258 valence electrons. The second-order valence-electron chi connectivity index (χ2n) is 13.6. The van der Waals surface area contributed by atoms with E-state index in [2.05, 4.69) is 180 Å². The van der Waals surface area contributed by atoms with E-state index in [-0.39, 0.29) is 6.17 Å². The Bertz CT molecular complexity index is 3080. The molecule has 3 heterocycles. The van der Waals surface area contributed by atoms with Gasteiger partial charge in [-0.05, 0) is 80.7 Å². The van der Waals surface area contributed by atoms with Gasteiger partial charge in [0.05, 0.1) is 16.7 Å². The highest BCUT2D eigenvalue weighted by Crippen LogP contribution is 2.43. The predicted octanol–water partition coefficient (Wildman–Crippen LogP) is 13.6. The van der Waals surface area contributed by atoms with Gasteiger partial charge in [0.25, 0.3) is 0 Å². The zero-order chi connectivity index (χ0) is 36.2. The van der Waals surface area contributed by atoms with Crippen molar-refractivity contribution in [3.8, 4) is 5.69 Å². The number of nitrogens with one attached hydrogen (secondary N) is 1. The molecule has 0 saturated heterocycles. The van der Waals surface area contributed by atoms with Crippen LogP contribution in [0.1, 0.15) is 36.7 Å². The summed E-state index contributed by atoms with van der Waals surface area (Å²) in [6.07, 6.45) is 2.00. The first-order valence-corrected chi connectivity index (χ1v) is 19.5. The molecule has 1 aliphatic rings. The Hall–Kier alpha value is -6.49. The molecule has 2 aromatic heterocycles. The topological polar surface area (TPSA) is 29.3 Å². The lowest BCUT2D eigenvalue weighted by Gasteiger charge is -2.25. The molecule has 4 heteroatoms. The minimum Gasteiger partial charge on any atom is -0.360 e. The summed E-state index contributed by atoms with van der Waals surface area (Å²) in [4.78, 5) is 5.13. The highest BCUT2D eigenvalue weighted by molar-refractivity contribution is 7.26. The number of aromatic nitrogens is 1. The van der Waals surface area contributed by atoms with Crippen LogP contribution in [0, 0.1) is 0 Å². The van der Waals surface area contributed by atoms with Crippen molar-refractivity contribution >= 4 is 86.3 Å². The van der Waals surface area contributed by atoms with Crippen molar-refractivity contribution < 1.29 is 0 Å². The second kappa shape index (κ2) is 13.2. The van der Waals surface area contributed by atoms with E-state index in [1.807, 2.05) is 31.3 Å². The lowest BCUT2D eigenvalue weighted by molar-refractivity contribution is 0.664. The summed E-state index contributed by atoms with van der Waals surface area (Å²) in [5.74, 6) is 0. The minimum absolute atomic E-state index is 0.178. The van der Waals surface area contributed by atoms with E-state index in [4.69, 9.17) is 4.99 Å². The van der Waals surface area contributed by atoms with E-state index < -0.39 is 0 Å². The van der Waals surface area contributed by atoms with Gasteiger partial charge in [-0.3, -0.25) is 4.99 Å². The largest absolute Gasteiger partial charge is 0.360 e. The van der Waals surface area contributed by atoms with E-state index in [1.54, 1.807) is 0 Å². The molecule has 1 aliphatic heterocycles. The predicted molar refractivity (Wildman–Crippen MR) is 233 cm³/mol. The molecule has 0 aliphatic carbocycles. The van der Waals surface area contributed by atoms with Crippen molar-refractivity contribution in [1.82, 2.24) is 9.88 Å². The fourth-order valence-corrected chi connectivity index (χ4v) is 9.28. The minimum atomic E-state index is -0.178. The number of thiophene rings is 1. The standard InChI is InChI=1S/C48H31N3S.C2H6/c1-3-12-31(13-4-1)42-28-43(50-48(49-42)33-14-5-2-6-15-33)32-19-22-36(23-20-32)51-44-26-35-17-8-7-16-34(35)25-39(44)40-27-41-38-24-21-30-11-9-10-18-37(30)47(38)52-46(41)29-45(40)51;1-2/h1-29,48,50H;1-2H3. The van der Waals surface area contributed by atoms with Crippen molar-refractivity contribution in [3.05, 3.63) is 193 Å². The Morgan fingerprint density at radius 1 is 0.519 bits per heavy atom. The van der Waals surface area contributed by atoms with Gasteiger partial charge < -0.3 is 9.88 Å². The molecule has 0 amide bonds. The lowest BCUT2D eigenvalue weighted by atomic mass is 10.0. The molecule has 8 aromatic carbocycles. The number of nitrogens with zero attached hydrogens (tertiary/aromatic N) is 2. The molecule has 0 bridgehead atoms. The summed E-state index contributed by atoms with van der Waals surface area (Å²) in [5, 5.41) is 14.0. The average Bonchev–Trinajstić information content (AvgIpc) is 3.77. The zero-order valence-electron chi connectivity index (χ0n) is 30.1. The number of aliphatic imine (C=N–C) groups is 1. The van der Waals surface area contributed by atoms with Crippen molar-refractivity contribution in [2.75, 3.05) is 0 Å².